The number of non-ortho nitro benzene ring substituents is 1. The third-order valence-corrected chi connectivity index (χ3v) is 3.89. The zero-order valence-electron chi connectivity index (χ0n) is 13.8. The van der Waals surface area contributed by atoms with E-state index in [-0.39, 0.29) is 11.6 Å². The molecule has 0 saturated carbocycles. The minimum atomic E-state index is -0.512. The number of amides is 1. The summed E-state index contributed by atoms with van der Waals surface area (Å²) < 4.78 is 5.66. The van der Waals surface area contributed by atoms with Crippen LogP contribution in [-0.4, -0.2) is 20.8 Å². The maximum Gasteiger partial charge on any atom is 0.269 e. The SMILES string of the molecule is O=C(Nc1ccc(-c2nc3ncccc3o2)cc1)c1ccc([N+](=O)[O-])cc1. The molecule has 8 heteroatoms. The van der Waals surface area contributed by atoms with Gasteiger partial charge in [0.2, 0.25) is 5.89 Å². The number of anilines is 1. The number of nitrogens with zero attached hydrogens (tertiary/aromatic N) is 3. The molecule has 0 fully saturated rings. The van der Waals surface area contributed by atoms with Gasteiger partial charge >= 0.3 is 0 Å². The van der Waals surface area contributed by atoms with Gasteiger partial charge in [0, 0.05) is 35.1 Å². The molecule has 2 aromatic carbocycles. The summed E-state index contributed by atoms with van der Waals surface area (Å²) in [6, 6.07) is 16.0. The van der Waals surface area contributed by atoms with Crippen LogP contribution in [0.3, 0.4) is 0 Å². The zero-order chi connectivity index (χ0) is 18.8. The van der Waals surface area contributed by atoms with Gasteiger partial charge in [-0.2, -0.15) is 4.98 Å². The van der Waals surface area contributed by atoms with Crippen LogP contribution in [-0.2, 0) is 0 Å². The second-order valence-electron chi connectivity index (χ2n) is 5.68. The molecule has 4 rings (SSSR count). The van der Waals surface area contributed by atoms with Gasteiger partial charge in [-0.05, 0) is 48.5 Å². The molecule has 0 aliphatic rings. The molecule has 0 aliphatic carbocycles. The first-order valence-corrected chi connectivity index (χ1v) is 7.98. The lowest BCUT2D eigenvalue weighted by atomic mass is 10.1. The van der Waals surface area contributed by atoms with Gasteiger partial charge in [-0.3, -0.25) is 14.9 Å². The smallest absolute Gasteiger partial charge is 0.269 e. The number of nitrogens with one attached hydrogen (secondary N) is 1. The minimum Gasteiger partial charge on any atom is -0.434 e. The van der Waals surface area contributed by atoms with Crippen molar-refractivity contribution in [1.29, 1.82) is 0 Å². The van der Waals surface area contributed by atoms with E-state index in [0.717, 1.165) is 5.56 Å². The van der Waals surface area contributed by atoms with E-state index in [9.17, 15) is 14.9 Å². The molecule has 1 N–H and O–H groups in total. The Kier molecular flexibility index (Phi) is 4.06. The summed E-state index contributed by atoms with van der Waals surface area (Å²) in [5, 5.41) is 13.4. The summed E-state index contributed by atoms with van der Waals surface area (Å²) in [4.78, 5) is 30.9. The number of carbonyl (C=O) groups is 1. The largest absolute Gasteiger partial charge is 0.434 e. The fraction of sp³-hybridized carbons (Fsp3) is 0. The van der Waals surface area contributed by atoms with E-state index < -0.39 is 4.92 Å². The van der Waals surface area contributed by atoms with Crippen LogP contribution in [0, 0.1) is 10.1 Å². The molecule has 2 aromatic heterocycles. The van der Waals surface area contributed by atoms with Crippen LogP contribution in [0.2, 0.25) is 0 Å². The molecule has 8 nitrogen and oxygen atoms in total. The first-order valence-electron chi connectivity index (χ1n) is 7.98. The highest BCUT2D eigenvalue weighted by Crippen LogP contribution is 2.24. The molecule has 132 valence electrons. The summed E-state index contributed by atoms with van der Waals surface area (Å²) in [5.74, 6) is 0.0839. The number of nitro groups is 1. The lowest BCUT2D eigenvalue weighted by Crippen LogP contribution is -2.11. The molecule has 0 spiro atoms. The second-order valence-corrected chi connectivity index (χ2v) is 5.68. The highest BCUT2D eigenvalue weighted by molar-refractivity contribution is 6.04. The van der Waals surface area contributed by atoms with Gasteiger partial charge in [0.15, 0.2) is 11.2 Å². The van der Waals surface area contributed by atoms with Crippen molar-refractivity contribution < 1.29 is 14.1 Å². The third kappa shape index (κ3) is 3.36. The van der Waals surface area contributed by atoms with E-state index >= 15 is 0 Å². The monoisotopic (exact) mass is 360 g/mol. The number of hydrogen-bond acceptors (Lipinski definition) is 6. The number of carbonyl (C=O) groups excluding carboxylic acids is 1. The summed E-state index contributed by atoms with van der Waals surface area (Å²) in [6.07, 6.45) is 1.64. The molecular weight excluding hydrogens is 348 g/mol. The van der Waals surface area contributed by atoms with Crippen molar-refractivity contribution in [2.75, 3.05) is 5.32 Å². The molecule has 0 aliphatic heterocycles. The standard InChI is InChI=1S/C19H12N4O4/c24-18(12-5-9-15(10-6-12)23(25)26)21-14-7-3-13(4-8-14)19-22-17-16(27-19)2-1-11-20-17/h1-11H,(H,21,24). The third-order valence-electron chi connectivity index (χ3n) is 3.89. The Balaban J connectivity index is 1.50. The van der Waals surface area contributed by atoms with Gasteiger partial charge in [-0.25, -0.2) is 4.98 Å². The van der Waals surface area contributed by atoms with Crippen molar-refractivity contribution in [2.45, 2.75) is 0 Å². The number of rotatable bonds is 4. The molecule has 1 amide bonds. The topological polar surface area (TPSA) is 111 Å². The van der Waals surface area contributed by atoms with Gasteiger partial charge in [0.25, 0.3) is 11.6 Å². The van der Waals surface area contributed by atoms with E-state index in [1.807, 2.05) is 0 Å². The maximum absolute atomic E-state index is 12.2. The fourth-order valence-electron chi connectivity index (χ4n) is 2.53. The van der Waals surface area contributed by atoms with Crippen LogP contribution in [0.25, 0.3) is 22.7 Å². The lowest BCUT2D eigenvalue weighted by Gasteiger charge is -2.05. The predicted octanol–water partition coefficient (Wildman–Crippen LogP) is 4.05. The molecule has 0 radical (unpaired) electrons. The Labute approximate surface area is 152 Å². The minimum absolute atomic E-state index is 0.0660. The van der Waals surface area contributed by atoms with E-state index in [1.54, 1.807) is 42.6 Å². The maximum atomic E-state index is 12.2. The van der Waals surface area contributed by atoms with Crippen LogP contribution in [0.4, 0.5) is 11.4 Å². The first-order chi connectivity index (χ1) is 13.1. The Morgan fingerprint density at radius 3 is 2.44 bits per heavy atom. The number of nitro benzene ring substituents is 1. The van der Waals surface area contributed by atoms with E-state index in [2.05, 4.69) is 15.3 Å². The Morgan fingerprint density at radius 1 is 1.04 bits per heavy atom. The van der Waals surface area contributed by atoms with Crippen LogP contribution in [0.1, 0.15) is 10.4 Å². The lowest BCUT2D eigenvalue weighted by molar-refractivity contribution is -0.384. The summed E-state index contributed by atoms with van der Waals surface area (Å²) >= 11 is 0. The number of oxazole rings is 1. The van der Waals surface area contributed by atoms with Crippen LogP contribution >= 0.6 is 0 Å². The Hall–Kier alpha value is -4.07. The first kappa shape index (κ1) is 16.4. The van der Waals surface area contributed by atoms with Gasteiger partial charge in [0.05, 0.1) is 4.92 Å². The highest BCUT2D eigenvalue weighted by Gasteiger charge is 2.11. The van der Waals surface area contributed by atoms with Gasteiger partial charge in [-0.15, -0.1) is 0 Å². The van der Waals surface area contributed by atoms with E-state index in [1.165, 1.54) is 24.3 Å². The summed E-state index contributed by atoms with van der Waals surface area (Å²) in [7, 11) is 0. The number of benzene rings is 2. The fourth-order valence-corrected chi connectivity index (χ4v) is 2.53. The number of fused-ring (bicyclic) bond motifs is 1. The Morgan fingerprint density at radius 2 is 1.78 bits per heavy atom. The van der Waals surface area contributed by atoms with Crippen molar-refractivity contribution in [3.8, 4) is 11.5 Å². The van der Waals surface area contributed by atoms with Crippen LogP contribution < -0.4 is 5.32 Å². The van der Waals surface area contributed by atoms with Gasteiger partial charge in [0.1, 0.15) is 0 Å². The number of aromatic nitrogens is 2. The molecule has 0 atom stereocenters. The second kappa shape index (κ2) is 6.68. The Bertz CT molecular complexity index is 1100. The molecule has 27 heavy (non-hydrogen) atoms. The number of hydrogen-bond donors (Lipinski definition) is 1. The van der Waals surface area contributed by atoms with Crippen molar-refractivity contribution in [3.63, 3.8) is 0 Å². The number of pyridine rings is 1. The zero-order valence-corrected chi connectivity index (χ0v) is 13.8. The normalized spacial score (nSPS) is 10.7. The molecule has 0 bridgehead atoms. The molecule has 2 heterocycles. The summed E-state index contributed by atoms with van der Waals surface area (Å²) in [6.45, 7) is 0. The molecular formula is C19H12N4O4. The molecule has 0 saturated heterocycles. The van der Waals surface area contributed by atoms with E-state index in [4.69, 9.17) is 4.42 Å². The van der Waals surface area contributed by atoms with Gasteiger partial charge in [-0.1, -0.05) is 0 Å². The van der Waals surface area contributed by atoms with Crippen LogP contribution in [0.15, 0.2) is 71.3 Å². The average molecular weight is 360 g/mol. The van der Waals surface area contributed by atoms with Crippen molar-refractivity contribution in [3.05, 3.63) is 82.5 Å². The predicted molar refractivity (Wildman–Crippen MR) is 98.3 cm³/mol. The van der Waals surface area contributed by atoms with Gasteiger partial charge < -0.3 is 9.73 Å². The molecule has 0 unspecified atom stereocenters. The quantitative estimate of drug-likeness (QED) is 0.434. The average Bonchev–Trinajstić information content (AvgIpc) is 3.13. The molecule has 4 aromatic rings. The highest BCUT2D eigenvalue weighted by atomic mass is 16.6. The van der Waals surface area contributed by atoms with Crippen molar-refractivity contribution in [1.82, 2.24) is 9.97 Å². The van der Waals surface area contributed by atoms with Crippen molar-refractivity contribution in [2.24, 2.45) is 0 Å². The van der Waals surface area contributed by atoms with E-state index in [0.29, 0.717) is 28.4 Å². The summed E-state index contributed by atoms with van der Waals surface area (Å²) in [5.41, 5.74) is 2.72. The van der Waals surface area contributed by atoms with Crippen LogP contribution in [0.5, 0.6) is 0 Å². The van der Waals surface area contributed by atoms with Crippen molar-refractivity contribution >= 4 is 28.5 Å².